The molecule has 0 aliphatic rings. The van der Waals surface area contributed by atoms with Crippen molar-refractivity contribution in [2.24, 2.45) is 5.73 Å². The number of nitrogens with zero attached hydrogens (tertiary/aromatic N) is 1. The molecule has 1 aromatic carbocycles. The predicted molar refractivity (Wildman–Crippen MR) is 73.4 cm³/mol. The van der Waals surface area contributed by atoms with Crippen molar-refractivity contribution in [2.45, 2.75) is 26.8 Å². The van der Waals surface area contributed by atoms with Crippen molar-refractivity contribution in [3.05, 3.63) is 35.4 Å². The monoisotopic (exact) mass is 229 g/mol. The minimum absolute atomic E-state index is 0.239. The number of hydrogen-bond acceptors (Lipinski definition) is 3. The van der Waals surface area contributed by atoms with Gasteiger partial charge in [0.25, 0.3) is 0 Å². The molecular weight excluding hydrogens is 210 g/mol. The second-order valence-corrected chi connectivity index (χ2v) is 4.58. The van der Waals surface area contributed by atoms with Crippen molar-refractivity contribution < 1.29 is 0 Å². The van der Waals surface area contributed by atoms with Gasteiger partial charge < -0.3 is 11.1 Å². The molecule has 2 aromatic rings. The van der Waals surface area contributed by atoms with Crippen LogP contribution in [0.1, 0.15) is 18.1 Å². The minimum atomic E-state index is 0.239. The zero-order chi connectivity index (χ0) is 12.4. The summed E-state index contributed by atoms with van der Waals surface area (Å²) in [7, 11) is 0. The largest absolute Gasteiger partial charge is 0.366 e. The average molecular weight is 229 g/mol. The SMILES string of the molecule is Cc1cc(NC(C)CN)nc2c(C)cccc12. The van der Waals surface area contributed by atoms with Gasteiger partial charge in [0.05, 0.1) is 5.52 Å². The van der Waals surface area contributed by atoms with Crippen LogP contribution in [0.15, 0.2) is 24.3 Å². The summed E-state index contributed by atoms with van der Waals surface area (Å²) in [6.45, 7) is 6.86. The fraction of sp³-hybridized carbons (Fsp3) is 0.357. The Bertz CT molecular complexity index is 534. The smallest absolute Gasteiger partial charge is 0.127 e. The summed E-state index contributed by atoms with van der Waals surface area (Å²) in [6.07, 6.45) is 0. The molecule has 1 aromatic heterocycles. The van der Waals surface area contributed by atoms with Gasteiger partial charge in [0.2, 0.25) is 0 Å². The number of pyridine rings is 1. The Morgan fingerprint density at radius 2 is 2.06 bits per heavy atom. The second-order valence-electron chi connectivity index (χ2n) is 4.58. The molecular formula is C14H19N3. The highest BCUT2D eigenvalue weighted by molar-refractivity contribution is 5.86. The summed E-state index contributed by atoms with van der Waals surface area (Å²) < 4.78 is 0. The number of nitrogens with two attached hydrogens (primary N) is 1. The average Bonchev–Trinajstić information content (AvgIpc) is 2.30. The van der Waals surface area contributed by atoms with E-state index in [0.717, 1.165) is 11.3 Å². The topological polar surface area (TPSA) is 50.9 Å². The van der Waals surface area contributed by atoms with Crippen molar-refractivity contribution in [3.63, 3.8) is 0 Å². The highest BCUT2D eigenvalue weighted by Crippen LogP contribution is 2.22. The standard InChI is InChI=1S/C14H19N3/c1-9-5-4-6-12-10(2)7-13(17-14(9)12)16-11(3)8-15/h4-7,11H,8,15H2,1-3H3,(H,16,17). The zero-order valence-corrected chi connectivity index (χ0v) is 10.6. The van der Waals surface area contributed by atoms with Gasteiger partial charge in [-0.1, -0.05) is 18.2 Å². The maximum Gasteiger partial charge on any atom is 0.127 e. The Morgan fingerprint density at radius 3 is 2.76 bits per heavy atom. The molecule has 1 atom stereocenters. The Balaban J connectivity index is 2.50. The van der Waals surface area contributed by atoms with Gasteiger partial charge >= 0.3 is 0 Å². The molecule has 90 valence electrons. The van der Waals surface area contributed by atoms with Crippen molar-refractivity contribution in [1.29, 1.82) is 0 Å². The van der Waals surface area contributed by atoms with Gasteiger partial charge in [0, 0.05) is 18.0 Å². The van der Waals surface area contributed by atoms with E-state index in [-0.39, 0.29) is 6.04 Å². The first-order valence-electron chi connectivity index (χ1n) is 5.95. The highest BCUT2D eigenvalue weighted by Gasteiger charge is 2.06. The number of aromatic nitrogens is 1. The van der Waals surface area contributed by atoms with E-state index in [1.54, 1.807) is 0 Å². The lowest BCUT2D eigenvalue weighted by Crippen LogP contribution is -2.25. The van der Waals surface area contributed by atoms with E-state index in [9.17, 15) is 0 Å². The van der Waals surface area contributed by atoms with Crippen molar-refractivity contribution in [1.82, 2.24) is 4.98 Å². The first-order valence-corrected chi connectivity index (χ1v) is 5.95. The molecule has 1 unspecified atom stereocenters. The maximum absolute atomic E-state index is 5.61. The van der Waals surface area contributed by atoms with Crippen LogP contribution in [0.25, 0.3) is 10.9 Å². The molecule has 0 saturated heterocycles. The molecule has 0 spiro atoms. The van der Waals surface area contributed by atoms with Gasteiger partial charge in [-0.15, -0.1) is 0 Å². The van der Waals surface area contributed by atoms with Gasteiger partial charge in [-0.25, -0.2) is 4.98 Å². The summed E-state index contributed by atoms with van der Waals surface area (Å²) in [5.41, 5.74) is 9.12. The summed E-state index contributed by atoms with van der Waals surface area (Å²) in [5, 5.41) is 4.53. The lowest BCUT2D eigenvalue weighted by atomic mass is 10.1. The van der Waals surface area contributed by atoms with Crippen molar-refractivity contribution in [2.75, 3.05) is 11.9 Å². The van der Waals surface area contributed by atoms with Gasteiger partial charge in [-0.3, -0.25) is 0 Å². The molecule has 0 aliphatic heterocycles. The van der Waals surface area contributed by atoms with Crippen LogP contribution in [-0.2, 0) is 0 Å². The first-order chi connectivity index (χ1) is 8.11. The Hall–Kier alpha value is -1.61. The molecule has 0 fully saturated rings. The highest BCUT2D eigenvalue weighted by atomic mass is 15.0. The van der Waals surface area contributed by atoms with Gasteiger partial charge in [-0.05, 0) is 38.0 Å². The number of fused-ring (bicyclic) bond motifs is 1. The lowest BCUT2D eigenvalue weighted by molar-refractivity contribution is 0.799. The fourth-order valence-corrected chi connectivity index (χ4v) is 1.95. The van der Waals surface area contributed by atoms with E-state index in [1.807, 2.05) is 0 Å². The molecule has 0 amide bonds. The third-order valence-corrected chi connectivity index (χ3v) is 3.00. The maximum atomic E-state index is 5.61. The van der Waals surface area contributed by atoms with Crippen LogP contribution in [0.4, 0.5) is 5.82 Å². The lowest BCUT2D eigenvalue weighted by Gasteiger charge is -2.14. The quantitative estimate of drug-likeness (QED) is 0.850. The van der Waals surface area contributed by atoms with E-state index in [0.29, 0.717) is 6.54 Å². The Labute approximate surface area is 102 Å². The van der Waals surface area contributed by atoms with Gasteiger partial charge in [0.15, 0.2) is 0 Å². The van der Waals surface area contributed by atoms with Gasteiger partial charge in [0.1, 0.15) is 5.82 Å². The molecule has 3 N–H and O–H groups in total. The summed E-state index contributed by atoms with van der Waals surface area (Å²) in [5.74, 6) is 0.905. The zero-order valence-electron chi connectivity index (χ0n) is 10.6. The molecule has 0 saturated carbocycles. The molecule has 0 radical (unpaired) electrons. The third-order valence-electron chi connectivity index (χ3n) is 3.00. The number of aryl methyl sites for hydroxylation is 2. The van der Waals surface area contributed by atoms with Crippen LogP contribution in [-0.4, -0.2) is 17.6 Å². The van der Waals surface area contributed by atoms with E-state index < -0.39 is 0 Å². The molecule has 2 rings (SSSR count). The number of benzene rings is 1. The van der Waals surface area contributed by atoms with Crippen LogP contribution in [0.3, 0.4) is 0 Å². The molecule has 3 heteroatoms. The molecule has 0 bridgehead atoms. The van der Waals surface area contributed by atoms with Crippen LogP contribution in [0.2, 0.25) is 0 Å². The normalized spacial score (nSPS) is 12.7. The van der Waals surface area contributed by atoms with E-state index in [1.165, 1.54) is 16.5 Å². The minimum Gasteiger partial charge on any atom is -0.366 e. The van der Waals surface area contributed by atoms with Crippen LogP contribution >= 0.6 is 0 Å². The Kier molecular flexibility index (Phi) is 3.29. The number of hydrogen-bond donors (Lipinski definition) is 2. The number of nitrogens with one attached hydrogen (secondary N) is 1. The van der Waals surface area contributed by atoms with Crippen LogP contribution in [0.5, 0.6) is 0 Å². The Morgan fingerprint density at radius 1 is 1.29 bits per heavy atom. The van der Waals surface area contributed by atoms with E-state index >= 15 is 0 Å². The number of rotatable bonds is 3. The summed E-state index contributed by atoms with van der Waals surface area (Å²) >= 11 is 0. The summed E-state index contributed by atoms with van der Waals surface area (Å²) in [6, 6.07) is 8.59. The second kappa shape index (κ2) is 4.72. The van der Waals surface area contributed by atoms with Crippen molar-refractivity contribution >= 4 is 16.7 Å². The van der Waals surface area contributed by atoms with Crippen molar-refractivity contribution in [3.8, 4) is 0 Å². The van der Waals surface area contributed by atoms with Crippen LogP contribution < -0.4 is 11.1 Å². The third kappa shape index (κ3) is 2.39. The fourth-order valence-electron chi connectivity index (χ4n) is 1.95. The molecule has 3 nitrogen and oxygen atoms in total. The first kappa shape index (κ1) is 11.9. The predicted octanol–water partition coefficient (Wildman–Crippen LogP) is 2.61. The number of anilines is 1. The van der Waals surface area contributed by atoms with E-state index in [4.69, 9.17) is 5.73 Å². The van der Waals surface area contributed by atoms with Crippen LogP contribution in [0, 0.1) is 13.8 Å². The van der Waals surface area contributed by atoms with E-state index in [2.05, 4.69) is 55.3 Å². The summed E-state index contributed by atoms with van der Waals surface area (Å²) in [4.78, 5) is 4.66. The molecule has 17 heavy (non-hydrogen) atoms. The molecule has 0 aliphatic carbocycles. The number of para-hydroxylation sites is 1. The van der Waals surface area contributed by atoms with Gasteiger partial charge in [-0.2, -0.15) is 0 Å². The molecule has 1 heterocycles.